The van der Waals surface area contributed by atoms with E-state index in [1.165, 1.54) is 11.6 Å². The van der Waals surface area contributed by atoms with Crippen LogP contribution in [0.2, 0.25) is 0 Å². The number of H-pyrrole nitrogens is 2. The molecular weight excluding hydrogens is 236 g/mol. The molecule has 8 heteroatoms. The zero-order chi connectivity index (χ0) is 13.1. The van der Waals surface area contributed by atoms with Gasteiger partial charge in [-0.15, -0.1) is 0 Å². The quantitative estimate of drug-likeness (QED) is 0.556. The Kier molecular flexibility index (Phi) is 3.18. The summed E-state index contributed by atoms with van der Waals surface area (Å²) >= 11 is 0. The van der Waals surface area contributed by atoms with Crippen molar-refractivity contribution in [1.29, 1.82) is 0 Å². The zero-order valence-electron chi connectivity index (χ0n) is 9.86. The van der Waals surface area contributed by atoms with Crippen molar-refractivity contribution in [2.75, 3.05) is 17.6 Å². The molecule has 0 radical (unpaired) electrons. The van der Waals surface area contributed by atoms with Crippen molar-refractivity contribution >= 4 is 11.5 Å². The summed E-state index contributed by atoms with van der Waals surface area (Å²) < 4.78 is 1.18. The summed E-state index contributed by atoms with van der Waals surface area (Å²) in [6.07, 6.45) is 4.00. The maximum Gasteiger partial charge on any atom is 0.329 e. The first-order chi connectivity index (χ1) is 8.59. The summed E-state index contributed by atoms with van der Waals surface area (Å²) in [5.74, 6) is 0.922. The summed E-state index contributed by atoms with van der Waals surface area (Å²) in [7, 11) is 1.49. The molecule has 0 fully saturated rings. The smallest absolute Gasteiger partial charge is 0.329 e. The average molecular weight is 250 g/mol. The van der Waals surface area contributed by atoms with E-state index in [1.54, 1.807) is 12.4 Å². The molecule has 8 nitrogen and oxygen atoms in total. The molecule has 5 N–H and O–H groups in total. The fraction of sp³-hybridized carbons (Fsp3) is 0.300. The standard InChI is InChI=1S/C10H14N6O2/c1-16-8(11)7(9(17)15-10(16)18)14-3-2-6-12-4-5-13-6/h4-5,14H,2-3,11H2,1H3,(H,12,13)(H,15,17,18). The molecular formula is C10H14N6O2. The van der Waals surface area contributed by atoms with E-state index in [2.05, 4.69) is 20.3 Å². The minimum Gasteiger partial charge on any atom is -0.383 e. The monoisotopic (exact) mass is 250 g/mol. The molecule has 18 heavy (non-hydrogen) atoms. The number of imidazole rings is 1. The first-order valence-corrected chi connectivity index (χ1v) is 5.40. The highest BCUT2D eigenvalue weighted by Gasteiger charge is 2.09. The van der Waals surface area contributed by atoms with Crippen molar-refractivity contribution in [1.82, 2.24) is 19.5 Å². The third-order valence-electron chi connectivity index (χ3n) is 2.59. The van der Waals surface area contributed by atoms with Gasteiger partial charge in [-0.1, -0.05) is 0 Å². The number of nitrogens with two attached hydrogens (primary N) is 1. The SMILES string of the molecule is Cn1c(N)c(NCCc2ncc[nH]2)c(=O)[nH]c1=O. The summed E-state index contributed by atoms with van der Waals surface area (Å²) in [6, 6.07) is 0. The predicted octanol–water partition coefficient (Wildman–Crippen LogP) is -0.967. The summed E-state index contributed by atoms with van der Waals surface area (Å²) in [5.41, 5.74) is 4.85. The van der Waals surface area contributed by atoms with E-state index in [-0.39, 0.29) is 11.5 Å². The van der Waals surface area contributed by atoms with E-state index in [9.17, 15) is 9.59 Å². The molecule has 0 unspecified atom stereocenters. The molecule has 96 valence electrons. The number of nitrogens with zero attached hydrogens (tertiary/aromatic N) is 2. The number of aromatic amines is 2. The van der Waals surface area contributed by atoms with E-state index in [4.69, 9.17) is 5.73 Å². The highest BCUT2D eigenvalue weighted by atomic mass is 16.2. The van der Waals surface area contributed by atoms with Gasteiger partial charge >= 0.3 is 5.69 Å². The topological polar surface area (TPSA) is 122 Å². The Labute approximate surface area is 102 Å². The molecule has 0 aliphatic heterocycles. The van der Waals surface area contributed by atoms with Crippen LogP contribution in [-0.4, -0.2) is 26.1 Å². The van der Waals surface area contributed by atoms with Crippen molar-refractivity contribution in [2.24, 2.45) is 7.05 Å². The van der Waals surface area contributed by atoms with Gasteiger partial charge in [0.05, 0.1) is 0 Å². The van der Waals surface area contributed by atoms with E-state index < -0.39 is 11.2 Å². The molecule has 2 rings (SSSR count). The van der Waals surface area contributed by atoms with Gasteiger partial charge in [0.2, 0.25) is 0 Å². The fourth-order valence-corrected chi connectivity index (χ4v) is 1.55. The number of hydrogen-bond donors (Lipinski definition) is 4. The van der Waals surface area contributed by atoms with E-state index >= 15 is 0 Å². The van der Waals surface area contributed by atoms with Crippen LogP contribution in [0.4, 0.5) is 11.5 Å². The first kappa shape index (κ1) is 12.0. The third-order valence-corrected chi connectivity index (χ3v) is 2.59. The van der Waals surface area contributed by atoms with Crippen LogP contribution in [0.3, 0.4) is 0 Å². The van der Waals surface area contributed by atoms with E-state index in [0.29, 0.717) is 13.0 Å². The second-order valence-corrected chi connectivity index (χ2v) is 3.79. The van der Waals surface area contributed by atoms with Gasteiger partial charge in [-0.2, -0.15) is 0 Å². The molecule has 2 heterocycles. The Bertz CT molecular complexity index is 639. The molecule has 0 saturated heterocycles. The lowest BCUT2D eigenvalue weighted by Crippen LogP contribution is -2.32. The Hall–Kier alpha value is -2.51. The molecule has 0 spiro atoms. The highest BCUT2D eigenvalue weighted by Crippen LogP contribution is 2.07. The van der Waals surface area contributed by atoms with Gasteiger partial charge in [-0.3, -0.25) is 14.3 Å². The number of hydrogen-bond acceptors (Lipinski definition) is 5. The molecule has 0 aliphatic carbocycles. The second kappa shape index (κ2) is 4.78. The minimum absolute atomic E-state index is 0.114. The van der Waals surface area contributed by atoms with Crippen molar-refractivity contribution in [3.63, 3.8) is 0 Å². The van der Waals surface area contributed by atoms with Crippen LogP contribution >= 0.6 is 0 Å². The van der Waals surface area contributed by atoms with Crippen molar-refractivity contribution in [2.45, 2.75) is 6.42 Å². The third kappa shape index (κ3) is 2.26. The van der Waals surface area contributed by atoms with Crippen molar-refractivity contribution in [3.05, 3.63) is 39.1 Å². The zero-order valence-corrected chi connectivity index (χ0v) is 9.86. The summed E-state index contributed by atoms with van der Waals surface area (Å²) in [5, 5.41) is 2.90. The number of anilines is 2. The molecule has 0 amide bonds. The summed E-state index contributed by atoms with van der Waals surface area (Å²) in [4.78, 5) is 32.0. The number of nitrogens with one attached hydrogen (secondary N) is 3. The molecule has 0 aliphatic rings. The molecule has 0 bridgehead atoms. The Morgan fingerprint density at radius 3 is 2.94 bits per heavy atom. The number of rotatable bonds is 4. The van der Waals surface area contributed by atoms with Crippen LogP contribution in [0.1, 0.15) is 5.82 Å². The van der Waals surface area contributed by atoms with Gasteiger partial charge in [-0.25, -0.2) is 9.78 Å². The van der Waals surface area contributed by atoms with Gasteiger partial charge < -0.3 is 16.0 Å². The van der Waals surface area contributed by atoms with Crippen LogP contribution in [0, 0.1) is 0 Å². The highest BCUT2D eigenvalue weighted by molar-refractivity contribution is 5.60. The average Bonchev–Trinajstić information content (AvgIpc) is 2.84. The normalized spacial score (nSPS) is 10.5. The van der Waals surface area contributed by atoms with Crippen LogP contribution in [-0.2, 0) is 13.5 Å². The van der Waals surface area contributed by atoms with Gasteiger partial charge in [-0.05, 0) is 0 Å². The lowest BCUT2D eigenvalue weighted by atomic mass is 10.3. The van der Waals surface area contributed by atoms with Gasteiger partial charge in [0.15, 0.2) is 0 Å². The number of aromatic nitrogens is 4. The molecule has 0 aromatic carbocycles. The van der Waals surface area contributed by atoms with Crippen LogP contribution in [0.25, 0.3) is 0 Å². The maximum absolute atomic E-state index is 11.6. The largest absolute Gasteiger partial charge is 0.383 e. The Morgan fingerprint density at radius 2 is 2.28 bits per heavy atom. The van der Waals surface area contributed by atoms with E-state index in [0.717, 1.165) is 5.82 Å². The molecule has 0 saturated carbocycles. The first-order valence-electron chi connectivity index (χ1n) is 5.40. The molecule has 0 atom stereocenters. The van der Waals surface area contributed by atoms with Crippen molar-refractivity contribution in [3.8, 4) is 0 Å². The van der Waals surface area contributed by atoms with Crippen LogP contribution in [0.15, 0.2) is 22.0 Å². The lowest BCUT2D eigenvalue weighted by molar-refractivity contribution is 0.810. The second-order valence-electron chi connectivity index (χ2n) is 3.79. The van der Waals surface area contributed by atoms with Crippen LogP contribution < -0.4 is 22.3 Å². The van der Waals surface area contributed by atoms with Gasteiger partial charge in [0.25, 0.3) is 5.56 Å². The lowest BCUT2D eigenvalue weighted by Gasteiger charge is -2.09. The Balaban J connectivity index is 2.12. The molecule has 2 aromatic rings. The van der Waals surface area contributed by atoms with Crippen molar-refractivity contribution < 1.29 is 0 Å². The van der Waals surface area contributed by atoms with Crippen LogP contribution in [0.5, 0.6) is 0 Å². The predicted molar refractivity (Wildman–Crippen MR) is 67.5 cm³/mol. The summed E-state index contributed by atoms with van der Waals surface area (Å²) in [6.45, 7) is 0.485. The Morgan fingerprint density at radius 1 is 1.50 bits per heavy atom. The number of nitrogen functional groups attached to an aromatic ring is 1. The minimum atomic E-state index is -0.533. The fourth-order valence-electron chi connectivity index (χ4n) is 1.55. The van der Waals surface area contributed by atoms with E-state index in [1.807, 2.05) is 0 Å². The molecule has 2 aromatic heterocycles. The van der Waals surface area contributed by atoms with Gasteiger partial charge in [0, 0.05) is 32.4 Å². The maximum atomic E-state index is 11.6. The van der Waals surface area contributed by atoms with Gasteiger partial charge in [0.1, 0.15) is 17.3 Å².